The molecule has 0 heterocycles. The average Bonchev–Trinajstić information content (AvgIpc) is 3.06. The van der Waals surface area contributed by atoms with E-state index in [1.165, 1.54) is 0 Å². The molecule has 0 spiro atoms. The Balaban J connectivity index is -0.000000192. The number of rotatable bonds is 28. The van der Waals surface area contributed by atoms with Gasteiger partial charge in [0.15, 0.2) is 0 Å². The number of aliphatic carboxylic acids is 4. The summed E-state index contributed by atoms with van der Waals surface area (Å²) in [6.45, 7) is 21.9. The average molecular weight is 856 g/mol. The predicted molar refractivity (Wildman–Crippen MR) is 170 cm³/mol. The first-order chi connectivity index (χ1) is 24.5. The molecule has 20 nitrogen and oxygen atoms in total. The molecule has 0 aromatic heterocycles. The first-order valence-corrected chi connectivity index (χ1v) is 17.0. The van der Waals surface area contributed by atoms with E-state index in [-0.39, 0.29) is 105 Å². The van der Waals surface area contributed by atoms with Gasteiger partial charge in [0, 0.05) is 0 Å². The fourth-order valence-corrected chi connectivity index (χ4v) is 3.49. The second-order valence-electron chi connectivity index (χ2n) is 8.57. The summed E-state index contributed by atoms with van der Waals surface area (Å²) in [5.74, 6) is -14.2. The zero-order valence-corrected chi connectivity index (χ0v) is 35.6. The van der Waals surface area contributed by atoms with Gasteiger partial charge in [0.05, 0.1) is 79.3 Å². The van der Waals surface area contributed by atoms with E-state index < -0.39 is 47.8 Å². The van der Waals surface area contributed by atoms with Gasteiger partial charge >= 0.3 is 50.1 Å². The topological polar surface area (TPSA) is 271 Å². The Kier molecular flexibility index (Phi) is 41.1. The van der Waals surface area contributed by atoms with Crippen LogP contribution in [0.1, 0.15) is 83.1 Å². The van der Waals surface area contributed by atoms with Crippen LogP contribution in [-0.4, -0.2) is 127 Å². The van der Waals surface area contributed by atoms with Crippen molar-refractivity contribution in [1.29, 1.82) is 0 Å². The fourth-order valence-electron chi connectivity index (χ4n) is 3.49. The maximum atomic E-state index is 10.7. The van der Waals surface area contributed by atoms with Crippen LogP contribution in [0.25, 0.3) is 0 Å². The van der Waals surface area contributed by atoms with Crippen LogP contribution in [0, 0.1) is 0 Å². The molecule has 312 valence electrons. The molecular weight excluding hydrogens is 796 g/mol. The Bertz CT molecular complexity index is 710. The zero-order valence-electron chi connectivity index (χ0n) is 33.2. The number of hydrogen-bond acceptors (Lipinski definition) is 20. The van der Waals surface area contributed by atoms with E-state index in [1.807, 2.05) is 0 Å². The van der Waals surface area contributed by atoms with Crippen molar-refractivity contribution in [3.05, 3.63) is 0 Å². The maximum absolute atomic E-state index is 10.7. The second kappa shape index (κ2) is 36.0. The largest absolute Gasteiger partial charge is 4.00 e. The van der Waals surface area contributed by atoms with Gasteiger partial charge in [-0.05, 0) is 83.1 Å². The van der Waals surface area contributed by atoms with E-state index in [2.05, 4.69) is 0 Å². The molecule has 0 amide bonds. The van der Waals surface area contributed by atoms with Crippen molar-refractivity contribution in [2.24, 2.45) is 0 Å². The number of carboxylic acid groups (broad SMARTS) is 4. The quantitative estimate of drug-likeness (QED) is 0.0770. The van der Waals surface area contributed by atoms with Gasteiger partial charge in [0.1, 0.15) is 23.9 Å². The number of hydrogen-bond donors (Lipinski definition) is 0. The first kappa shape index (κ1) is 60.5. The number of ether oxygens (including phenoxy) is 12. The Hall–Kier alpha value is -1.72. The molecule has 21 heteroatoms. The van der Waals surface area contributed by atoms with E-state index in [0.717, 1.165) is 0 Å². The second-order valence-corrected chi connectivity index (χ2v) is 8.57. The van der Waals surface area contributed by atoms with Gasteiger partial charge in [0.25, 0.3) is 0 Å². The molecule has 0 N–H and O–H groups in total. The van der Waals surface area contributed by atoms with Gasteiger partial charge in [0.2, 0.25) is 0 Å². The summed E-state index contributed by atoms with van der Waals surface area (Å²) in [6, 6.07) is 0. The summed E-state index contributed by atoms with van der Waals surface area (Å²) >= 11 is 0. The van der Waals surface area contributed by atoms with Crippen LogP contribution < -0.4 is 20.4 Å². The molecule has 0 aliphatic heterocycles. The monoisotopic (exact) mass is 854 g/mol. The van der Waals surface area contributed by atoms with E-state index in [4.69, 9.17) is 56.8 Å². The van der Waals surface area contributed by atoms with Crippen molar-refractivity contribution in [2.75, 3.05) is 79.3 Å². The molecule has 0 saturated heterocycles. The van der Waals surface area contributed by atoms with Gasteiger partial charge in [-0.1, -0.05) is 0 Å². The van der Waals surface area contributed by atoms with Crippen LogP contribution in [0.4, 0.5) is 0 Å². The summed E-state index contributed by atoms with van der Waals surface area (Å²) in [4.78, 5) is 42.8. The smallest absolute Gasteiger partial charge is 0.542 e. The first-order valence-electron chi connectivity index (χ1n) is 17.0. The summed E-state index contributed by atoms with van der Waals surface area (Å²) in [5.41, 5.74) is 0. The van der Waals surface area contributed by atoms with Crippen LogP contribution >= 0.6 is 0 Å². The number of carbonyl (C=O) groups excluding carboxylic acids is 4. The molecule has 0 unspecified atom stereocenters. The molecule has 0 atom stereocenters. The Morgan fingerprint density at radius 3 is 0.396 bits per heavy atom. The van der Waals surface area contributed by atoms with E-state index >= 15 is 0 Å². The normalized spacial score (nSPS) is 11.4. The zero-order chi connectivity index (χ0) is 41.3. The third kappa shape index (κ3) is 23.7. The van der Waals surface area contributed by atoms with E-state index in [0.29, 0.717) is 0 Å². The third-order valence-electron chi connectivity index (χ3n) is 5.01. The van der Waals surface area contributed by atoms with Crippen molar-refractivity contribution in [3.8, 4) is 0 Å². The van der Waals surface area contributed by atoms with Crippen LogP contribution in [-0.2, 0) is 102 Å². The van der Waals surface area contributed by atoms with Crippen LogP contribution in [0.3, 0.4) is 0 Å². The van der Waals surface area contributed by atoms with Crippen molar-refractivity contribution in [3.63, 3.8) is 0 Å². The Morgan fingerprint density at radius 1 is 0.283 bits per heavy atom. The molecule has 0 fully saturated rings. The SMILES string of the molecule is CCOC(OCC)(OCC)C(=O)[O-].CCOC(OCC)(OCC)C(=O)[O-].CCOC(OCC)(OCC)C(=O)[O-].CCOC(OCC)(OCC)C(=O)[O-].[Zr+4]. The number of carboxylic acids is 4. The molecule has 0 rings (SSSR count). The Morgan fingerprint density at radius 2 is 0.358 bits per heavy atom. The molecule has 0 bridgehead atoms. The summed E-state index contributed by atoms with van der Waals surface area (Å²) in [5, 5.41) is 42.8. The van der Waals surface area contributed by atoms with Crippen molar-refractivity contribution >= 4 is 23.9 Å². The summed E-state index contributed by atoms with van der Waals surface area (Å²) < 4.78 is 58.4. The van der Waals surface area contributed by atoms with Gasteiger partial charge in [-0.15, -0.1) is 0 Å². The van der Waals surface area contributed by atoms with Gasteiger partial charge < -0.3 is 96.4 Å². The van der Waals surface area contributed by atoms with Crippen molar-refractivity contribution in [1.82, 2.24) is 0 Å². The van der Waals surface area contributed by atoms with E-state index in [9.17, 15) is 39.6 Å². The molecule has 53 heavy (non-hydrogen) atoms. The van der Waals surface area contributed by atoms with Gasteiger partial charge in [-0.25, -0.2) is 0 Å². The molecule has 0 aromatic rings. The Labute approximate surface area is 332 Å². The minimum absolute atomic E-state index is 0. The van der Waals surface area contributed by atoms with Gasteiger partial charge in [-0.3, -0.25) is 0 Å². The minimum atomic E-state index is -2.04. The molecular formula is C32H60O20Zr. The molecule has 0 aliphatic rings. The molecule has 0 radical (unpaired) electrons. The van der Waals surface area contributed by atoms with Crippen molar-refractivity contribution in [2.45, 2.75) is 107 Å². The van der Waals surface area contributed by atoms with Crippen molar-refractivity contribution < 1.29 is 123 Å². The maximum Gasteiger partial charge on any atom is 4.00 e. The molecule has 0 aliphatic carbocycles. The summed E-state index contributed by atoms with van der Waals surface area (Å²) in [7, 11) is 0. The number of carbonyl (C=O) groups is 4. The predicted octanol–water partition coefficient (Wildman–Crippen LogP) is -2.00. The van der Waals surface area contributed by atoms with E-state index in [1.54, 1.807) is 83.1 Å². The van der Waals surface area contributed by atoms with Crippen LogP contribution in [0.15, 0.2) is 0 Å². The van der Waals surface area contributed by atoms with Gasteiger partial charge in [-0.2, -0.15) is 0 Å². The standard InChI is InChI=1S/4C8H16O5.Zr/c4*1-4-11-8(7(9)10,12-5-2)13-6-3;/h4*4-6H2,1-3H3,(H,9,10);/q;;;;+4/p-4. The minimum Gasteiger partial charge on any atom is -0.542 e. The fraction of sp³-hybridized carbons (Fsp3) is 0.875. The third-order valence-corrected chi connectivity index (χ3v) is 5.01. The molecule has 0 aromatic carbocycles. The molecule has 0 saturated carbocycles. The van der Waals surface area contributed by atoms with Crippen LogP contribution in [0.5, 0.6) is 0 Å². The van der Waals surface area contributed by atoms with Crippen LogP contribution in [0.2, 0.25) is 0 Å². The summed E-state index contributed by atoms with van der Waals surface area (Å²) in [6.07, 6.45) is 0.